The van der Waals surface area contributed by atoms with E-state index in [0.717, 1.165) is 17.3 Å². The Morgan fingerprint density at radius 2 is 1.71 bits per heavy atom. The first-order chi connectivity index (χ1) is 6.69. The van der Waals surface area contributed by atoms with Crippen molar-refractivity contribution in [1.82, 2.24) is 4.90 Å². The second-order valence-corrected chi connectivity index (χ2v) is 4.87. The van der Waals surface area contributed by atoms with Gasteiger partial charge in [-0.25, -0.2) is 0 Å². The number of nitrogens with zero attached hydrogens (tertiary/aromatic N) is 1. The molecule has 0 aliphatic rings. The summed E-state index contributed by atoms with van der Waals surface area (Å²) in [6, 6.07) is 0.772. The number of rotatable bonds is 8. The van der Waals surface area contributed by atoms with Crippen LogP contribution in [0.15, 0.2) is 0 Å². The smallest absolute Gasteiger partial charge is 0.00870 e. The molecule has 0 saturated carbocycles. The van der Waals surface area contributed by atoms with Crippen LogP contribution in [-0.4, -0.2) is 29.9 Å². The highest BCUT2D eigenvalue weighted by molar-refractivity contribution is 9.09. The number of hydrogen-bond donors (Lipinski definition) is 0. The van der Waals surface area contributed by atoms with Crippen molar-refractivity contribution in [2.75, 3.05) is 18.9 Å². The summed E-state index contributed by atoms with van der Waals surface area (Å²) in [7, 11) is 2.27. The second kappa shape index (κ2) is 8.72. The molecule has 0 bridgehead atoms. The van der Waals surface area contributed by atoms with Crippen molar-refractivity contribution >= 4 is 15.9 Å². The van der Waals surface area contributed by atoms with Crippen LogP contribution in [0.3, 0.4) is 0 Å². The normalized spacial score (nSPS) is 13.9. The van der Waals surface area contributed by atoms with Gasteiger partial charge in [-0.15, -0.1) is 0 Å². The van der Waals surface area contributed by atoms with Crippen LogP contribution >= 0.6 is 15.9 Å². The largest absolute Gasteiger partial charge is 0.303 e. The monoisotopic (exact) mass is 263 g/mol. The SMILES string of the molecule is CCCC(CBr)CN(C)C(CC)CC. The van der Waals surface area contributed by atoms with Gasteiger partial charge < -0.3 is 4.90 Å². The molecular formula is C12H26BrN. The van der Waals surface area contributed by atoms with Crippen LogP contribution in [0.25, 0.3) is 0 Å². The molecule has 0 aliphatic heterocycles. The van der Waals surface area contributed by atoms with Crippen LogP contribution in [0.4, 0.5) is 0 Å². The summed E-state index contributed by atoms with van der Waals surface area (Å²) in [6.45, 7) is 8.08. The van der Waals surface area contributed by atoms with Gasteiger partial charge in [0.2, 0.25) is 0 Å². The second-order valence-electron chi connectivity index (χ2n) is 4.22. The molecule has 14 heavy (non-hydrogen) atoms. The molecule has 0 rings (SSSR count). The minimum Gasteiger partial charge on any atom is -0.303 e. The third-order valence-electron chi connectivity index (χ3n) is 3.03. The minimum atomic E-state index is 0.772. The fourth-order valence-corrected chi connectivity index (χ4v) is 2.62. The molecule has 0 aliphatic carbocycles. The first-order valence-electron chi connectivity index (χ1n) is 5.95. The number of halogens is 1. The molecule has 0 radical (unpaired) electrons. The molecule has 0 aromatic heterocycles. The third kappa shape index (κ3) is 5.35. The van der Waals surface area contributed by atoms with Crippen LogP contribution in [0.5, 0.6) is 0 Å². The number of hydrogen-bond acceptors (Lipinski definition) is 1. The van der Waals surface area contributed by atoms with Gasteiger partial charge in [-0.1, -0.05) is 43.1 Å². The van der Waals surface area contributed by atoms with Gasteiger partial charge in [0.15, 0.2) is 0 Å². The van der Waals surface area contributed by atoms with E-state index in [4.69, 9.17) is 0 Å². The quantitative estimate of drug-likeness (QED) is 0.601. The first kappa shape index (κ1) is 14.4. The highest BCUT2D eigenvalue weighted by Gasteiger charge is 2.14. The Labute approximate surface area is 98.4 Å². The third-order valence-corrected chi connectivity index (χ3v) is 3.94. The molecule has 0 N–H and O–H groups in total. The summed E-state index contributed by atoms with van der Waals surface area (Å²) >= 11 is 3.61. The highest BCUT2D eigenvalue weighted by Crippen LogP contribution is 2.14. The average molecular weight is 264 g/mol. The van der Waals surface area contributed by atoms with Crippen molar-refractivity contribution in [3.63, 3.8) is 0 Å². The summed E-state index contributed by atoms with van der Waals surface area (Å²) in [6.07, 6.45) is 5.19. The zero-order valence-electron chi connectivity index (χ0n) is 10.2. The van der Waals surface area contributed by atoms with Gasteiger partial charge in [0, 0.05) is 17.9 Å². The molecule has 1 unspecified atom stereocenters. The van der Waals surface area contributed by atoms with E-state index in [1.807, 2.05) is 0 Å². The summed E-state index contributed by atoms with van der Waals surface area (Å²) in [5.41, 5.74) is 0. The van der Waals surface area contributed by atoms with Gasteiger partial charge in [0.1, 0.15) is 0 Å². The Kier molecular flexibility index (Phi) is 9.00. The van der Waals surface area contributed by atoms with Gasteiger partial charge in [-0.05, 0) is 32.2 Å². The summed E-state index contributed by atoms with van der Waals surface area (Å²) in [4.78, 5) is 2.53. The maximum Gasteiger partial charge on any atom is 0.00870 e. The van der Waals surface area contributed by atoms with Crippen LogP contribution in [0.1, 0.15) is 46.5 Å². The Morgan fingerprint density at radius 3 is 2.07 bits per heavy atom. The predicted molar refractivity (Wildman–Crippen MR) is 69.2 cm³/mol. The maximum absolute atomic E-state index is 3.61. The van der Waals surface area contributed by atoms with Crippen molar-refractivity contribution in [2.45, 2.75) is 52.5 Å². The molecule has 0 fully saturated rings. The van der Waals surface area contributed by atoms with E-state index in [2.05, 4.69) is 48.6 Å². The van der Waals surface area contributed by atoms with Crippen molar-refractivity contribution in [2.24, 2.45) is 5.92 Å². The van der Waals surface area contributed by atoms with Crippen molar-refractivity contribution < 1.29 is 0 Å². The summed E-state index contributed by atoms with van der Waals surface area (Å²) < 4.78 is 0. The summed E-state index contributed by atoms with van der Waals surface area (Å²) in [5.74, 6) is 0.825. The lowest BCUT2D eigenvalue weighted by Gasteiger charge is -2.29. The summed E-state index contributed by atoms with van der Waals surface area (Å²) in [5, 5.41) is 1.14. The van der Waals surface area contributed by atoms with E-state index in [9.17, 15) is 0 Å². The molecule has 0 saturated heterocycles. The van der Waals surface area contributed by atoms with Gasteiger partial charge in [-0.3, -0.25) is 0 Å². The molecule has 0 spiro atoms. The van der Waals surface area contributed by atoms with Gasteiger partial charge in [-0.2, -0.15) is 0 Å². The van der Waals surface area contributed by atoms with Gasteiger partial charge in [0.25, 0.3) is 0 Å². The fraction of sp³-hybridized carbons (Fsp3) is 1.00. The Hall–Kier alpha value is 0.440. The molecule has 86 valence electrons. The predicted octanol–water partition coefficient (Wildman–Crippen LogP) is 3.92. The standard InChI is InChI=1S/C12H26BrN/c1-5-8-11(9-13)10-14(4)12(6-2)7-3/h11-12H,5-10H2,1-4H3. The molecule has 0 heterocycles. The van der Waals surface area contributed by atoms with Crippen molar-refractivity contribution in [1.29, 1.82) is 0 Å². The van der Waals surface area contributed by atoms with Crippen LogP contribution < -0.4 is 0 Å². The van der Waals surface area contributed by atoms with E-state index in [1.165, 1.54) is 32.2 Å². The zero-order valence-corrected chi connectivity index (χ0v) is 11.8. The lowest BCUT2D eigenvalue weighted by Crippen LogP contribution is -2.35. The van der Waals surface area contributed by atoms with Crippen LogP contribution in [0.2, 0.25) is 0 Å². The first-order valence-corrected chi connectivity index (χ1v) is 7.07. The van der Waals surface area contributed by atoms with Crippen molar-refractivity contribution in [3.8, 4) is 0 Å². The zero-order chi connectivity index (χ0) is 11.0. The lowest BCUT2D eigenvalue weighted by atomic mass is 10.0. The molecule has 0 aromatic carbocycles. The van der Waals surface area contributed by atoms with Gasteiger partial charge in [0.05, 0.1) is 0 Å². The molecule has 1 atom stereocenters. The van der Waals surface area contributed by atoms with Gasteiger partial charge >= 0.3 is 0 Å². The number of alkyl halides is 1. The van der Waals surface area contributed by atoms with E-state index < -0.39 is 0 Å². The van der Waals surface area contributed by atoms with Crippen molar-refractivity contribution in [3.05, 3.63) is 0 Å². The van der Waals surface area contributed by atoms with Crippen LogP contribution in [0, 0.1) is 5.92 Å². The molecular weight excluding hydrogens is 238 g/mol. The van der Waals surface area contributed by atoms with E-state index in [0.29, 0.717) is 0 Å². The molecule has 0 amide bonds. The minimum absolute atomic E-state index is 0.772. The fourth-order valence-electron chi connectivity index (χ4n) is 2.09. The Bertz CT molecular complexity index is 123. The highest BCUT2D eigenvalue weighted by atomic mass is 79.9. The van der Waals surface area contributed by atoms with E-state index >= 15 is 0 Å². The van der Waals surface area contributed by atoms with E-state index in [1.54, 1.807) is 0 Å². The van der Waals surface area contributed by atoms with E-state index in [-0.39, 0.29) is 0 Å². The maximum atomic E-state index is 3.61. The Balaban J connectivity index is 3.92. The lowest BCUT2D eigenvalue weighted by molar-refractivity contribution is 0.199. The topological polar surface area (TPSA) is 3.24 Å². The molecule has 0 aromatic rings. The van der Waals surface area contributed by atoms with Crippen LogP contribution in [-0.2, 0) is 0 Å². The Morgan fingerprint density at radius 1 is 1.14 bits per heavy atom. The average Bonchev–Trinajstić information content (AvgIpc) is 2.19. The molecule has 1 nitrogen and oxygen atoms in total. The molecule has 2 heteroatoms.